The first kappa shape index (κ1) is 20.6. The predicted molar refractivity (Wildman–Crippen MR) is 106 cm³/mol. The second-order valence-electron chi connectivity index (χ2n) is 6.75. The first-order valence-corrected chi connectivity index (χ1v) is 10.6. The van der Waals surface area contributed by atoms with Gasteiger partial charge < -0.3 is 4.52 Å². The molecular formula is C19H20N4O5S. The highest BCUT2D eigenvalue weighted by molar-refractivity contribution is 7.90. The van der Waals surface area contributed by atoms with E-state index in [1.165, 1.54) is 18.4 Å². The lowest BCUT2D eigenvalue weighted by atomic mass is 10.1. The van der Waals surface area contributed by atoms with Gasteiger partial charge in [0.1, 0.15) is 0 Å². The van der Waals surface area contributed by atoms with Crippen LogP contribution in [0.5, 0.6) is 0 Å². The van der Waals surface area contributed by atoms with Gasteiger partial charge in [0.2, 0.25) is 11.7 Å². The largest absolute Gasteiger partial charge is 0.338 e. The number of benzene rings is 2. The summed E-state index contributed by atoms with van der Waals surface area (Å²) < 4.78 is 28.5. The highest BCUT2D eigenvalue weighted by Crippen LogP contribution is 2.24. The molecule has 29 heavy (non-hydrogen) atoms. The van der Waals surface area contributed by atoms with Crippen LogP contribution in [0.3, 0.4) is 0 Å². The summed E-state index contributed by atoms with van der Waals surface area (Å²) >= 11 is 0. The molecule has 10 heteroatoms. The summed E-state index contributed by atoms with van der Waals surface area (Å²) in [4.78, 5) is 16.9. The van der Waals surface area contributed by atoms with Crippen molar-refractivity contribution in [1.29, 1.82) is 0 Å². The third-order valence-corrected chi connectivity index (χ3v) is 5.77. The molecule has 152 valence electrons. The molecule has 0 saturated heterocycles. The van der Waals surface area contributed by atoms with Gasteiger partial charge in [0.25, 0.3) is 5.69 Å². The normalized spacial score (nSPS) is 12.8. The lowest BCUT2D eigenvalue weighted by Gasteiger charge is -2.23. The van der Waals surface area contributed by atoms with Crippen molar-refractivity contribution in [3.05, 3.63) is 70.1 Å². The SMILES string of the molecule is CC(c1ccc(S(C)(=O)=O)cc1)N(C)Cc1nc(-c2ccc([N+](=O)[O-])cc2)no1. The van der Waals surface area contributed by atoms with Gasteiger partial charge in [-0.3, -0.25) is 15.0 Å². The average molecular weight is 416 g/mol. The van der Waals surface area contributed by atoms with Gasteiger partial charge in [-0.05, 0) is 43.8 Å². The van der Waals surface area contributed by atoms with Crippen LogP contribution in [0, 0.1) is 10.1 Å². The Labute approximate surface area is 168 Å². The number of sulfone groups is 1. The topological polar surface area (TPSA) is 119 Å². The van der Waals surface area contributed by atoms with Crippen LogP contribution in [0.2, 0.25) is 0 Å². The summed E-state index contributed by atoms with van der Waals surface area (Å²) in [5.74, 6) is 0.758. The molecular weight excluding hydrogens is 396 g/mol. The van der Waals surface area contributed by atoms with E-state index in [1.807, 2.05) is 18.9 Å². The van der Waals surface area contributed by atoms with Crippen LogP contribution in [0.15, 0.2) is 57.9 Å². The minimum absolute atomic E-state index is 0.00656. The van der Waals surface area contributed by atoms with Crippen molar-refractivity contribution in [2.75, 3.05) is 13.3 Å². The standard InChI is InChI=1S/C19H20N4O5S/c1-13(14-6-10-17(11-7-14)29(3,26)27)22(2)12-18-20-19(21-28-18)15-4-8-16(9-5-15)23(24)25/h4-11,13H,12H2,1-3H3. The molecule has 3 rings (SSSR count). The van der Waals surface area contributed by atoms with Crippen molar-refractivity contribution >= 4 is 15.5 Å². The van der Waals surface area contributed by atoms with Crippen LogP contribution >= 0.6 is 0 Å². The van der Waals surface area contributed by atoms with Gasteiger partial charge in [-0.15, -0.1) is 0 Å². The number of nitro groups is 1. The average Bonchev–Trinajstić information content (AvgIpc) is 3.15. The third kappa shape index (κ3) is 4.84. The number of hydrogen-bond acceptors (Lipinski definition) is 8. The zero-order chi connectivity index (χ0) is 21.2. The quantitative estimate of drug-likeness (QED) is 0.425. The van der Waals surface area contributed by atoms with Gasteiger partial charge >= 0.3 is 0 Å². The van der Waals surface area contributed by atoms with Gasteiger partial charge in [0.05, 0.1) is 16.4 Å². The fourth-order valence-electron chi connectivity index (χ4n) is 2.77. The molecule has 0 radical (unpaired) electrons. The van der Waals surface area contributed by atoms with Crippen LogP contribution in [0.25, 0.3) is 11.4 Å². The van der Waals surface area contributed by atoms with Gasteiger partial charge in [0, 0.05) is 30.0 Å². The number of rotatable bonds is 7. The summed E-state index contributed by atoms with van der Waals surface area (Å²) in [7, 11) is -1.34. The van der Waals surface area contributed by atoms with E-state index in [4.69, 9.17) is 4.52 Å². The van der Waals surface area contributed by atoms with E-state index >= 15 is 0 Å². The Hall–Kier alpha value is -3.11. The molecule has 1 heterocycles. The molecule has 0 amide bonds. The van der Waals surface area contributed by atoms with Crippen molar-refractivity contribution in [3.63, 3.8) is 0 Å². The van der Waals surface area contributed by atoms with Gasteiger partial charge in [0.15, 0.2) is 9.84 Å². The maximum atomic E-state index is 11.6. The summed E-state index contributed by atoms with van der Waals surface area (Å²) in [6, 6.07) is 12.7. The zero-order valence-electron chi connectivity index (χ0n) is 16.1. The van der Waals surface area contributed by atoms with Crippen molar-refractivity contribution in [1.82, 2.24) is 15.0 Å². The molecule has 9 nitrogen and oxygen atoms in total. The molecule has 1 unspecified atom stereocenters. The number of nitro benzene ring substituents is 1. The predicted octanol–water partition coefficient (Wildman–Crippen LogP) is 3.24. The van der Waals surface area contributed by atoms with E-state index in [2.05, 4.69) is 10.1 Å². The molecule has 0 aliphatic carbocycles. The monoisotopic (exact) mass is 416 g/mol. The molecule has 1 aromatic heterocycles. The summed E-state index contributed by atoms with van der Waals surface area (Å²) in [5.41, 5.74) is 1.57. The molecule has 0 aliphatic rings. The highest BCUT2D eigenvalue weighted by atomic mass is 32.2. The number of non-ortho nitro benzene ring substituents is 1. The highest BCUT2D eigenvalue weighted by Gasteiger charge is 2.17. The molecule has 0 spiro atoms. The fourth-order valence-corrected chi connectivity index (χ4v) is 3.40. The number of hydrogen-bond donors (Lipinski definition) is 0. The van der Waals surface area contributed by atoms with Crippen LogP contribution in [-0.2, 0) is 16.4 Å². The number of nitrogens with zero attached hydrogens (tertiary/aromatic N) is 4. The molecule has 0 fully saturated rings. The second-order valence-corrected chi connectivity index (χ2v) is 8.76. The summed E-state index contributed by atoms with van der Waals surface area (Å²) in [6.07, 6.45) is 1.18. The maximum absolute atomic E-state index is 11.6. The first-order chi connectivity index (χ1) is 13.6. The van der Waals surface area contributed by atoms with Gasteiger partial charge in [-0.1, -0.05) is 17.3 Å². The Morgan fingerprint density at radius 3 is 2.31 bits per heavy atom. The molecule has 0 saturated carbocycles. The lowest BCUT2D eigenvalue weighted by Crippen LogP contribution is -2.22. The molecule has 1 atom stereocenters. The third-order valence-electron chi connectivity index (χ3n) is 4.64. The van der Waals surface area contributed by atoms with Gasteiger partial charge in [-0.2, -0.15) is 4.98 Å². The Balaban J connectivity index is 1.69. The summed E-state index contributed by atoms with van der Waals surface area (Å²) in [5, 5.41) is 14.7. The minimum Gasteiger partial charge on any atom is -0.338 e. The van der Waals surface area contributed by atoms with Crippen molar-refractivity contribution in [2.24, 2.45) is 0 Å². The molecule has 0 bridgehead atoms. The van der Waals surface area contributed by atoms with Gasteiger partial charge in [-0.25, -0.2) is 8.42 Å². The Morgan fingerprint density at radius 1 is 1.14 bits per heavy atom. The maximum Gasteiger partial charge on any atom is 0.269 e. The Bertz CT molecular complexity index is 1110. The van der Waals surface area contributed by atoms with E-state index in [0.29, 0.717) is 23.8 Å². The van der Waals surface area contributed by atoms with Crippen LogP contribution < -0.4 is 0 Å². The van der Waals surface area contributed by atoms with E-state index in [-0.39, 0.29) is 16.6 Å². The number of aromatic nitrogens is 2. The van der Waals surface area contributed by atoms with Crippen molar-refractivity contribution in [2.45, 2.75) is 24.4 Å². The van der Waals surface area contributed by atoms with Crippen LogP contribution in [0.1, 0.15) is 24.4 Å². The molecule has 0 N–H and O–H groups in total. The first-order valence-electron chi connectivity index (χ1n) is 8.73. The zero-order valence-corrected chi connectivity index (χ0v) is 17.0. The Morgan fingerprint density at radius 2 is 1.76 bits per heavy atom. The van der Waals surface area contributed by atoms with E-state index in [1.54, 1.807) is 36.4 Å². The molecule has 0 aliphatic heterocycles. The minimum atomic E-state index is -3.23. The van der Waals surface area contributed by atoms with Crippen molar-refractivity contribution in [3.8, 4) is 11.4 Å². The van der Waals surface area contributed by atoms with Crippen molar-refractivity contribution < 1.29 is 17.9 Å². The van der Waals surface area contributed by atoms with Crippen LogP contribution in [-0.4, -0.2) is 41.7 Å². The molecule has 3 aromatic rings. The van der Waals surface area contributed by atoms with E-state index in [0.717, 1.165) is 5.56 Å². The second kappa shape index (κ2) is 8.10. The smallest absolute Gasteiger partial charge is 0.269 e. The lowest BCUT2D eigenvalue weighted by molar-refractivity contribution is -0.384. The van der Waals surface area contributed by atoms with Crippen LogP contribution in [0.4, 0.5) is 5.69 Å². The fraction of sp³-hybridized carbons (Fsp3) is 0.263. The van der Waals surface area contributed by atoms with E-state index < -0.39 is 14.8 Å². The summed E-state index contributed by atoms with van der Waals surface area (Å²) in [6.45, 7) is 2.37. The Kier molecular flexibility index (Phi) is 5.76. The molecule has 2 aromatic carbocycles. The van der Waals surface area contributed by atoms with E-state index in [9.17, 15) is 18.5 Å².